The lowest BCUT2D eigenvalue weighted by atomic mass is 10.3. The van der Waals surface area contributed by atoms with Crippen LogP contribution in [-0.4, -0.2) is 69.0 Å². The SMILES string of the molecule is CCN(CC)C(=O)CN(C)CC(=O)Nc1ccccc1S(=O)(=O)C(F)F. The first-order chi connectivity index (χ1) is 12.1. The number of sulfone groups is 1. The molecule has 0 aliphatic heterocycles. The van der Waals surface area contributed by atoms with Crippen LogP contribution in [0.1, 0.15) is 13.8 Å². The smallest absolute Gasteiger partial charge is 0.341 e. The van der Waals surface area contributed by atoms with Crippen molar-refractivity contribution in [2.24, 2.45) is 0 Å². The third-order valence-electron chi connectivity index (χ3n) is 3.64. The lowest BCUT2D eigenvalue weighted by molar-refractivity contribution is -0.132. The monoisotopic (exact) mass is 391 g/mol. The van der Waals surface area contributed by atoms with Gasteiger partial charge in [-0.05, 0) is 33.0 Å². The molecule has 0 aliphatic rings. The lowest BCUT2D eigenvalue weighted by Crippen LogP contribution is -2.41. The van der Waals surface area contributed by atoms with Crippen LogP contribution < -0.4 is 5.32 Å². The minimum absolute atomic E-state index is 0.00603. The number of amides is 2. The topological polar surface area (TPSA) is 86.8 Å². The molecule has 0 radical (unpaired) electrons. The zero-order valence-electron chi connectivity index (χ0n) is 14.9. The number of rotatable bonds is 9. The summed E-state index contributed by atoms with van der Waals surface area (Å²) in [6.07, 6.45) is 0. The molecular weight excluding hydrogens is 368 g/mol. The predicted molar refractivity (Wildman–Crippen MR) is 93.7 cm³/mol. The first kappa shape index (κ1) is 22.0. The molecule has 0 unspecified atom stereocenters. The molecule has 0 saturated carbocycles. The Morgan fingerprint density at radius 1 is 1.12 bits per heavy atom. The van der Waals surface area contributed by atoms with Crippen molar-refractivity contribution in [1.82, 2.24) is 9.80 Å². The zero-order valence-corrected chi connectivity index (χ0v) is 15.7. The number of alkyl halides is 2. The number of hydrogen-bond donors (Lipinski definition) is 1. The Labute approximate surface area is 151 Å². The Morgan fingerprint density at radius 2 is 1.69 bits per heavy atom. The Kier molecular flexibility index (Phi) is 8.09. The first-order valence-electron chi connectivity index (χ1n) is 8.00. The molecule has 0 spiro atoms. The van der Waals surface area contributed by atoms with Gasteiger partial charge in [0.2, 0.25) is 21.7 Å². The summed E-state index contributed by atoms with van der Waals surface area (Å²) in [5.41, 5.74) is -0.221. The quantitative estimate of drug-likeness (QED) is 0.688. The fourth-order valence-electron chi connectivity index (χ4n) is 2.31. The van der Waals surface area contributed by atoms with Crippen molar-refractivity contribution < 1.29 is 26.8 Å². The van der Waals surface area contributed by atoms with E-state index in [1.165, 1.54) is 23.1 Å². The van der Waals surface area contributed by atoms with Gasteiger partial charge in [0.15, 0.2) is 0 Å². The van der Waals surface area contributed by atoms with Crippen molar-refractivity contribution in [2.45, 2.75) is 24.5 Å². The summed E-state index contributed by atoms with van der Waals surface area (Å²) < 4.78 is 48.9. The highest BCUT2D eigenvalue weighted by Crippen LogP contribution is 2.25. The fraction of sp³-hybridized carbons (Fsp3) is 0.500. The van der Waals surface area contributed by atoms with E-state index in [9.17, 15) is 26.8 Å². The van der Waals surface area contributed by atoms with Gasteiger partial charge in [-0.1, -0.05) is 12.1 Å². The van der Waals surface area contributed by atoms with Crippen LogP contribution in [0.2, 0.25) is 0 Å². The van der Waals surface area contributed by atoms with Crippen LogP contribution in [0.15, 0.2) is 29.2 Å². The largest absolute Gasteiger partial charge is 0.342 e. The molecule has 1 N–H and O–H groups in total. The minimum atomic E-state index is -4.84. The number of benzene rings is 1. The van der Waals surface area contributed by atoms with Gasteiger partial charge in [0.1, 0.15) is 0 Å². The molecule has 0 fully saturated rings. The Balaban J connectivity index is 2.79. The molecule has 1 aromatic carbocycles. The molecular formula is C16H23F2N3O4S. The maximum Gasteiger partial charge on any atom is 0.341 e. The number of nitrogens with one attached hydrogen (secondary N) is 1. The van der Waals surface area contributed by atoms with E-state index in [4.69, 9.17) is 0 Å². The van der Waals surface area contributed by atoms with E-state index in [-0.39, 0.29) is 24.7 Å². The van der Waals surface area contributed by atoms with E-state index in [0.717, 1.165) is 6.07 Å². The number of halogens is 2. The molecule has 1 aromatic rings. The highest BCUT2D eigenvalue weighted by Gasteiger charge is 2.29. The predicted octanol–water partition coefficient (Wildman–Crippen LogP) is 1.42. The van der Waals surface area contributed by atoms with Crippen molar-refractivity contribution in [3.8, 4) is 0 Å². The second-order valence-electron chi connectivity index (χ2n) is 5.59. The molecule has 0 aliphatic carbocycles. The highest BCUT2D eigenvalue weighted by atomic mass is 32.2. The lowest BCUT2D eigenvalue weighted by Gasteiger charge is -2.22. The second kappa shape index (κ2) is 9.58. The molecule has 0 atom stereocenters. The average molecular weight is 391 g/mol. The molecule has 0 heterocycles. The van der Waals surface area contributed by atoms with E-state index in [0.29, 0.717) is 13.1 Å². The molecule has 0 aromatic heterocycles. The summed E-state index contributed by atoms with van der Waals surface area (Å²) in [5, 5.41) is 2.31. The van der Waals surface area contributed by atoms with Crippen LogP contribution in [0.5, 0.6) is 0 Å². The van der Waals surface area contributed by atoms with Gasteiger partial charge < -0.3 is 10.2 Å². The first-order valence-corrected chi connectivity index (χ1v) is 9.55. The Morgan fingerprint density at radius 3 is 2.23 bits per heavy atom. The van der Waals surface area contributed by atoms with Crippen LogP contribution >= 0.6 is 0 Å². The molecule has 2 amide bonds. The number of carbonyl (C=O) groups excluding carboxylic acids is 2. The van der Waals surface area contributed by atoms with Gasteiger partial charge in [-0.2, -0.15) is 8.78 Å². The minimum Gasteiger partial charge on any atom is -0.342 e. The Hall–Kier alpha value is -2.07. The van der Waals surface area contributed by atoms with Crippen LogP contribution in [0.3, 0.4) is 0 Å². The van der Waals surface area contributed by atoms with Crippen LogP contribution in [0.25, 0.3) is 0 Å². The summed E-state index contributed by atoms with van der Waals surface area (Å²) in [7, 11) is -3.28. The maximum absolute atomic E-state index is 12.8. The van der Waals surface area contributed by atoms with E-state index in [2.05, 4.69) is 5.32 Å². The summed E-state index contributed by atoms with van der Waals surface area (Å²) in [6, 6.07) is 4.95. The number of likely N-dealkylation sites (N-methyl/N-ethyl adjacent to an activating group) is 2. The number of anilines is 1. The van der Waals surface area contributed by atoms with Crippen LogP contribution in [0.4, 0.5) is 14.5 Å². The molecule has 10 heteroatoms. The van der Waals surface area contributed by atoms with E-state index >= 15 is 0 Å². The fourth-order valence-corrected chi connectivity index (χ4v) is 3.20. The van der Waals surface area contributed by atoms with Gasteiger partial charge in [-0.25, -0.2) is 8.42 Å². The van der Waals surface area contributed by atoms with E-state index < -0.39 is 26.4 Å². The van der Waals surface area contributed by atoms with Gasteiger partial charge in [0, 0.05) is 13.1 Å². The van der Waals surface area contributed by atoms with Gasteiger partial charge in [0.25, 0.3) is 0 Å². The summed E-state index contributed by atoms with van der Waals surface area (Å²) in [4.78, 5) is 26.5. The molecule has 7 nitrogen and oxygen atoms in total. The number of nitrogens with zero attached hydrogens (tertiary/aromatic N) is 2. The normalized spacial score (nSPS) is 11.7. The zero-order chi connectivity index (χ0) is 19.9. The number of para-hydroxylation sites is 1. The van der Waals surface area contributed by atoms with Gasteiger partial charge in [-0.3, -0.25) is 14.5 Å². The molecule has 26 heavy (non-hydrogen) atoms. The van der Waals surface area contributed by atoms with Crippen molar-refractivity contribution in [2.75, 3.05) is 38.5 Å². The standard InChI is InChI=1S/C16H23F2N3O4S/c1-4-21(5-2)15(23)11-20(3)10-14(22)19-12-8-6-7-9-13(12)26(24,25)16(17)18/h6-9,16H,4-5,10-11H2,1-3H3,(H,19,22). The summed E-state index contributed by atoms with van der Waals surface area (Å²) in [5.74, 6) is -4.35. The van der Waals surface area contributed by atoms with Gasteiger partial charge in [-0.15, -0.1) is 0 Å². The molecule has 0 saturated heterocycles. The Bertz CT molecular complexity index is 737. The molecule has 1 rings (SSSR count). The van der Waals surface area contributed by atoms with Crippen LogP contribution in [0, 0.1) is 0 Å². The van der Waals surface area contributed by atoms with Gasteiger partial charge >= 0.3 is 5.76 Å². The van der Waals surface area contributed by atoms with E-state index in [1.807, 2.05) is 13.8 Å². The van der Waals surface area contributed by atoms with Gasteiger partial charge in [0.05, 0.1) is 23.7 Å². The third-order valence-corrected chi connectivity index (χ3v) is 5.08. The van der Waals surface area contributed by atoms with Crippen LogP contribution in [-0.2, 0) is 19.4 Å². The molecule has 0 bridgehead atoms. The van der Waals surface area contributed by atoms with Crippen molar-refractivity contribution in [1.29, 1.82) is 0 Å². The molecule has 146 valence electrons. The third kappa shape index (κ3) is 5.73. The van der Waals surface area contributed by atoms with Crippen molar-refractivity contribution >= 4 is 27.3 Å². The summed E-state index contributed by atoms with van der Waals surface area (Å²) in [6.45, 7) is 4.59. The van der Waals surface area contributed by atoms with Crippen molar-refractivity contribution in [3.63, 3.8) is 0 Å². The van der Waals surface area contributed by atoms with Crippen molar-refractivity contribution in [3.05, 3.63) is 24.3 Å². The second-order valence-corrected chi connectivity index (χ2v) is 7.47. The highest BCUT2D eigenvalue weighted by molar-refractivity contribution is 7.91. The number of hydrogen-bond acceptors (Lipinski definition) is 5. The number of carbonyl (C=O) groups is 2. The van der Waals surface area contributed by atoms with E-state index in [1.54, 1.807) is 11.9 Å². The summed E-state index contributed by atoms with van der Waals surface area (Å²) >= 11 is 0. The maximum atomic E-state index is 12.8. The average Bonchev–Trinajstić information content (AvgIpc) is 2.55.